The van der Waals surface area contributed by atoms with E-state index in [1.807, 2.05) is 37.3 Å². The van der Waals surface area contributed by atoms with E-state index < -0.39 is 5.97 Å². The Kier molecular flexibility index (Phi) is 6.99. The Bertz CT molecular complexity index is 1020. The van der Waals surface area contributed by atoms with E-state index >= 15 is 0 Å². The van der Waals surface area contributed by atoms with Gasteiger partial charge in [0.2, 0.25) is 0 Å². The zero-order valence-corrected chi connectivity index (χ0v) is 19.5. The first kappa shape index (κ1) is 22.1. The van der Waals surface area contributed by atoms with Crippen LogP contribution in [0.4, 0.5) is 0 Å². The molecule has 156 valence electrons. The van der Waals surface area contributed by atoms with Crippen molar-refractivity contribution in [2.45, 2.75) is 39.5 Å². The number of carbonyl (C=O) groups excluding carboxylic acids is 1. The van der Waals surface area contributed by atoms with Crippen LogP contribution in [0.1, 0.15) is 47.8 Å². The second-order valence-electron chi connectivity index (χ2n) is 8.35. The van der Waals surface area contributed by atoms with Gasteiger partial charge in [-0.2, -0.15) is 0 Å². The summed E-state index contributed by atoms with van der Waals surface area (Å²) in [5.74, 6) is 0.888. The number of hydrogen-bond donors (Lipinski definition) is 0. The molecule has 0 saturated heterocycles. The molecule has 0 aromatic heterocycles. The molecule has 0 aliphatic carbocycles. The Hall–Kier alpha value is -2.59. The number of hydrogen-bond acceptors (Lipinski definition) is 3. The second kappa shape index (κ2) is 9.48. The summed E-state index contributed by atoms with van der Waals surface area (Å²) in [6.45, 7) is 9.00. The molecule has 0 heterocycles. The maximum absolute atomic E-state index is 12.6. The van der Waals surface area contributed by atoms with E-state index in [1.54, 1.807) is 18.2 Å². The molecule has 0 amide bonds. The molecule has 3 nitrogen and oxygen atoms in total. The summed E-state index contributed by atoms with van der Waals surface area (Å²) < 4.78 is 12.2. The molecule has 0 aliphatic heterocycles. The van der Waals surface area contributed by atoms with Gasteiger partial charge in [-0.1, -0.05) is 63.2 Å². The lowest BCUT2D eigenvalue weighted by Crippen LogP contribution is -2.13. The van der Waals surface area contributed by atoms with E-state index in [2.05, 4.69) is 54.9 Å². The molecule has 30 heavy (non-hydrogen) atoms. The van der Waals surface area contributed by atoms with Crippen LogP contribution >= 0.6 is 15.9 Å². The van der Waals surface area contributed by atoms with E-state index in [9.17, 15) is 4.79 Å². The van der Waals surface area contributed by atoms with Crippen molar-refractivity contribution in [2.24, 2.45) is 0 Å². The van der Waals surface area contributed by atoms with Crippen LogP contribution in [0.25, 0.3) is 0 Å². The summed E-state index contributed by atoms with van der Waals surface area (Å²) in [6, 6.07) is 21.4. The van der Waals surface area contributed by atoms with E-state index in [0.717, 1.165) is 16.5 Å². The molecule has 4 heteroatoms. The maximum Gasteiger partial charge on any atom is 0.343 e. The predicted octanol–water partition coefficient (Wildman–Crippen LogP) is 6.90. The highest BCUT2D eigenvalue weighted by Crippen LogP contribution is 2.29. The van der Waals surface area contributed by atoms with Crippen LogP contribution in [0.2, 0.25) is 0 Å². The Morgan fingerprint density at radius 2 is 1.63 bits per heavy atom. The van der Waals surface area contributed by atoms with Gasteiger partial charge < -0.3 is 9.47 Å². The molecular weight excluding hydrogens is 440 g/mol. The van der Waals surface area contributed by atoms with Crippen molar-refractivity contribution in [1.82, 2.24) is 0 Å². The summed E-state index contributed by atoms with van der Waals surface area (Å²) in [5.41, 5.74) is 3.89. The van der Waals surface area contributed by atoms with Gasteiger partial charge >= 0.3 is 5.97 Å². The Morgan fingerprint density at radius 3 is 2.27 bits per heavy atom. The molecule has 3 aromatic carbocycles. The van der Waals surface area contributed by atoms with Gasteiger partial charge in [0.25, 0.3) is 0 Å². The minimum Gasteiger partial charge on any atom is -0.492 e. The van der Waals surface area contributed by atoms with E-state index in [0.29, 0.717) is 23.7 Å². The van der Waals surface area contributed by atoms with Crippen LogP contribution in [-0.4, -0.2) is 12.6 Å². The molecule has 0 atom stereocenters. The molecule has 0 saturated carbocycles. The fourth-order valence-electron chi connectivity index (χ4n) is 3.06. The van der Waals surface area contributed by atoms with Crippen molar-refractivity contribution in [3.8, 4) is 11.5 Å². The number of halogens is 1. The van der Waals surface area contributed by atoms with Crippen molar-refractivity contribution in [2.75, 3.05) is 6.61 Å². The number of carbonyl (C=O) groups is 1. The minimum absolute atomic E-state index is 0.0501. The fraction of sp³-hybridized carbons (Fsp3) is 0.269. The topological polar surface area (TPSA) is 35.5 Å². The molecule has 0 unspecified atom stereocenters. The average molecular weight is 467 g/mol. The second-order valence-corrected chi connectivity index (χ2v) is 9.20. The molecule has 3 aromatic rings. The van der Waals surface area contributed by atoms with Crippen molar-refractivity contribution in [3.63, 3.8) is 0 Å². The van der Waals surface area contributed by atoms with Gasteiger partial charge in [0.1, 0.15) is 11.5 Å². The third-order valence-electron chi connectivity index (χ3n) is 4.90. The first-order chi connectivity index (χ1) is 14.2. The van der Waals surface area contributed by atoms with Gasteiger partial charge in [0.15, 0.2) is 0 Å². The van der Waals surface area contributed by atoms with Crippen LogP contribution in [0.15, 0.2) is 71.2 Å². The first-order valence-corrected chi connectivity index (χ1v) is 10.8. The van der Waals surface area contributed by atoms with Gasteiger partial charge in [0.05, 0.1) is 16.6 Å². The SMILES string of the molecule is Cc1cc(C(C)(C)C)ccc1OC(=O)c1ccc(OCCc2ccccc2)c(Br)c1. The van der Waals surface area contributed by atoms with Crippen LogP contribution in [0.5, 0.6) is 11.5 Å². The lowest BCUT2D eigenvalue weighted by Gasteiger charge is -2.20. The zero-order valence-electron chi connectivity index (χ0n) is 17.9. The summed E-state index contributed by atoms with van der Waals surface area (Å²) in [6.07, 6.45) is 0.820. The van der Waals surface area contributed by atoms with Crippen LogP contribution < -0.4 is 9.47 Å². The van der Waals surface area contributed by atoms with Crippen molar-refractivity contribution < 1.29 is 14.3 Å². The number of rotatable bonds is 6. The number of ether oxygens (including phenoxy) is 2. The molecule has 0 N–H and O–H groups in total. The zero-order chi connectivity index (χ0) is 21.7. The maximum atomic E-state index is 12.6. The Labute approximate surface area is 187 Å². The van der Waals surface area contributed by atoms with Gasteiger partial charge in [-0.05, 0) is 69.2 Å². The average Bonchev–Trinajstić information content (AvgIpc) is 2.70. The summed E-state index contributed by atoms with van der Waals surface area (Å²) >= 11 is 3.50. The smallest absolute Gasteiger partial charge is 0.343 e. The largest absolute Gasteiger partial charge is 0.492 e. The quantitative estimate of drug-likeness (QED) is 0.292. The van der Waals surface area contributed by atoms with Crippen molar-refractivity contribution in [3.05, 3.63) is 93.5 Å². The van der Waals surface area contributed by atoms with E-state index in [1.165, 1.54) is 11.1 Å². The number of esters is 1. The monoisotopic (exact) mass is 466 g/mol. The molecule has 0 radical (unpaired) electrons. The summed E-state index contributed by atoms with van der Waals surface area (Å²) in [4.78, 5) is 12.6. The number of aryl methyl sites for hydroxylation is 1. The van der Waals surface area contributed by atoms with Gasteiger partial charge in [-0.15, -0.1) is 0 Å². The molecule has 0 fully saturated rings. The Balaban J connectivity index is 1.63. The normalized spacial score (nSPS) is 11.2. The van der Waals surface area contributed by atoms with Gasteiger partial charge in [-0.25, -0.2) is 4.79 Å². The lowest BCUT2D eigenvalue weighted by atomic mass is 9.86. The molecule has 3 rings (SSSR count). The number of benzene rings is 3. The first-order valence-electron chi connectivity index (χ1n) is 10.0. The molecule has 0 bridgehead atoms. The molecule has 0 spiro atoms. The van der Waals surface area contributed by atoms with Crippen molar-refractivity contribution >= 4 is 21.9 Å². The van der Waals surface area contributed by atoms with Gasteiger partial charge in [0, 0.05) is 6.42 Å². The summed E-state index contributed by atoms with van der Waals surface area (Å²) in [5, 5.41) is 0. The summed E-state index contributed by atoms with van der Waals surface area (Å²) in [7, 11) is 0. The standard InChI is InChI=1S/C26H27BrO3/c1-18-16-21(26(2,3)4)11-13-23(18)30-25(28)20-10-12-24(22(27)17-20)29-15-14-19-8-6-5-7-9-19/h5-13,16-17H,14-15H2,1-4H3. The predicted molar refractivity (Wildman–Crippen MR) is 125 cm³/mol. The fourth-order valence-corrected chi connectivity index (χ4v) is 3.55. The highest BCUT2D eigenvalue weighted by atomic mass is 79.9. The Morgan fingerprint density at radius 1 is 0.933 bits per heavy atom. The van der Waals surface area contributed by atoms with E-state index in [4.69, 9.17) is 9.47 Å². The third kappa shape index (κ3) is 5.73. The minimum atomic E-state index is -0.391. The third-order valence-corrected chi connectivity index (χ3v) is 5.52. The van der Waals surface area contributed by atoms with Crippen LogP contribution in [-0.2, 0) is 11.8 Å². The highest BCUT2D eigenvalue weighted by molar-refractivity contribution is 9.10. The van der Waals surface area contributed by atoms with Crippen LogP contribution in [0.3, 0.4) is 0 Å². The molecule has 0 aliphatic rings. The molecular formula is C26H27BrO3. The lowest BCUT2D eigenvalue weighted by molar-refractivity contribution is 0.0733. The van der Waals surface area contributed by atoms with Crippen LogP contribution in [0, 0.1) is 6.92 Å². The highest BCUT2D eigenvalue weighted by Gasteiger charge is 2.17. The van der Waals surface area contributed by atoms with Gasteiger partial charge in [-0.3, -0.25) is 0 Å². The van der Waals surface area contributed by atoms with E-state index in [-0.39, 0.29) is 5.41 Å². The van der Waals surface area contributed by atoms with Crippen molar-refractivity contribution in [1.29, 1.82) is 0 Å².